The smallest absolute Gasteiger partial charge is 0.272 e. The van der Waals surface area contributed by atoms with E-state index in [0.717, 1.165) is 23.3 Å². The topological polar surface area (TPSA) is 70.0 Å². The number of rotatable bonds is 4. The van der Waals surface area contributed by atoms with Crippen LogP contribution >= 0.6 is 0 Å². The van der Waals surface area contributed by atoms with E-state index < -0.39 is 20.7 Å². The lowest BCUT2D eigenvalue weighted by Crippen LogP contribution is -2.14. The van der Waals surface area contributed by atoms with Crippen LogP contribution in [0.4, 0.5) is 10.1 Å². The minimum Gasteiger partial charge on any atom is -0.279 e. The number of nitrogens with zero attached hydrogens (tertiary/aromatic N) is 1. The molecule has 2 aromatic carbocycles. The second-order valence-electron chi connectivity index (χ2n) is 5.08. The third-order valence-corrected chi connectivity index (χ3v) is 4.62. The highest BCUT2D eigenvalue weighted by Gasteiger charge is 2.17. The Bertz CT molecular complexity index is 895. The number of halogens is 1. The van der Waals surface area contributed by atoms with Gasteiger partial charge in [0, 0.05) is 5.69 Å². The molecule has 0 aromatic heterocycles. The van der Waals surface area contributed by atoms with E-state index in [4.69, 9.17) is 0 Å². The summed E-state index contributed by atoms with van der Waals surface area (Å²) < 4.78 is 39.7. The van der Waals surface area contributed by atoms with Crippen LogP contribution in [0.3, 0.4) is 0 Å². The highest BCUT2D eigenvalue weighted by molar-refractivity contribution is 7.96. The summed E-state index contributed by atoms with van der Waals surface area (Å²) >= 11 is 0. The lowest BCUT2D eigenvalue weighted by molar-refractivity contribution is 0.608. The molecule has 0 aliphatic heterocycles. The van der Waals surface area contributed by atoms with E-state index in [1.807, 2.05) is 19.9 Å². The van der Waals surface area contributed by atoms with Gasteiger partial charge in [-0.05, 0) is 60.9 Å². The number of nitriles is 1. The largest absolute Gasteiger partial charge is 0.279 e. The molecule has 0 unspecified atom stereocenters. The lowest BCUT2D eigenvalue weighted by atomic mass is 10.1. The third kappa shape index (κ3) is 4.18. The standard InChI is InChI=1S/C17H15FN2O2S/c1-12-3-4-14(9-13(12)2)10-17(11-19)23(21,22)20-16-7-5-15(18)6-8-16/h3-10,20H,1-2H3/b17-10+. The zero-order chi connectivity index (χ0) is 17.0. The van der Waals surface area contributed by atoms with E-state index >= 15 is 0 Å². The van der Waals surface area contributed by atoms with Gasteiger partial charge in [-0.25, -0.2) is 12.8 Å². The Morgan fingerprint density at radius 1 is 1.13 bits per heavy atom. The minimum atomic E-state index is -4.03. The van der Waals surface area contributed by atoms with Crippen LogP contribution in [-0.2, 0) is 10.0 Å². The van der Waals surface area contributed by atoms with Gasteiger partial charge in [0.05, 0.1) is 0 Å². The Kier molecular flexibility index (Phi) is 4.82. The summed E-state index contributed by atoms with van der Waals surface area (Å²) in [5.74, 6) is -0.473. The highest BCUT2D eigenvalue weighted by Crippen LogP contribution is 2.18. The lowest BCUT2D eigenvalue weighted by Gasteiger charge is -2.07. The van der Waals surface area contributed by atoms with Gasteiger partial charge in [0.15, 0.2) is 4.91 Å². The Morgan fingerprint density at radius 3 is 2.35 bits per heavy atom. The summed E-state index contributed by atoms with van der Waals surface area (Å²) in [4.78, 5) is -0.412. The van der Waals surface area contributed by atoms with E-state index in [-0.39, 0.29) is 5.69 Å². The minimum absolute atomic E-state index is 0.188. The number of hydrogen-bond acceptors (Lipinski definition) is 3. The number of allylic oxidation sites excluding steroid dienone is 1. The summed E-state index contributed by atoms with van der Waals surface area (Å²) in [5.41, 5.74) is 2.88. The zero-order valence-corrected chi connectivity index (χ0v) is 13.5. The fourth-order valence-electron chi connectivity index (χ4n) is 1.90. The Balaban J connectivity index is 2.34. The molecule has 0 heterocycles. The molecule has 0 amide bonds. The average molecular weight is 330 g/mol. The van der Waals surface area contributed by atoms with Crippen molar-refractivity contribution >= 4 is 21.8 Å². The molecule has 0 saturated heterocycles. The molecule has 0 aliphatic carbocycles. The maximum Gasteiger partial charge on any atom is 0.272 e. The van der Waals surface area contributed by atoms with Crippen LogP contribution in [0, 0.1) is 31.0 Å². The van der Waals surface area contributed by atoms with E-state index in [1.54, 1.807) is 18.2 Å². The molecular formula is C17H15FN2O2S. The van der Waals surface area contributed by atoms with Crippen molar-refractivity contribution in [2.75, 3.05) is 4.72 Å². The molecule has 4 nitrogen and oxygen atoms in total. The maximum absolute atomic E-state index is 12.9. The van der Waals surface area contributed by atoms with Gasteiger partial charge in [0.1, 0.15) is 11.9 Å². The van der Waals surface area contributed by atoms with Gasteiger partial charge in [-0.3, -0.25) is 4.72 Å². The molecular weight excluding hydrogens is 315 g/mol. The number of sulfonamides is 1. The van der Waals surface area contributed by atoms with Crippen LogP contribution in [0.25, 0.3) is 6.08 Å². The van der Waals surface area contributed by atoms with Crippen molar-refractivity contribution in [3.05, 3.63) is 69.9 Å². The zero-order valence-electron chi connectivity index (χ0n) is 12.7. The normalized spacial score (nSPS) is 11.8. The first-order valence-corrected chi connectivity index (χ1v) is 8.27. The number of aryl methyl sites for hydroxylation is 2. The maximum atomic E-state index is 12.9. The Hall–Kier alpha value is -2.65. The molecule has 118 valence electrons. The van der Waals surface area contributed by atoms with Crippen molar-refractivity contribution in [1.29, 1.82) is 5.26 Å². The van der Waals surface area contributed by atoms with Crippen molar-refractivity contribution in [2.45, 2.75) is 13.8 Å². The van der Waals surface area contributed by atoms with E-state index in [2.05, 4.69) is 4.72 Å². The molecule has 6 heteroatoms. The van der Waals surface area contributed by atoms with Gasteiger partial charge in [0.2, 0.25) is 0 Å². The SMILES string of the molecule is Cc1ccc(/C=C(\C#N)S(=O)(=O)Nc2ccc(F)cc2)cc1C. The van der Waals surface area contributed by atoms with Gasteiger partial charge >= 0.3 is 0 Å². The second-order valence-corrected chi connectivity index (χ2v) is 6.73. The van der Waals surface area contributed by atoms with Gasteiger partial charge in [-0.15, -0.1) is 0 Å². The average Bonchev–Trinajstić information content (AvgIpc) is 2.50. The molecule has 1 N–H and O–H groups in total. The molecule has 0 bridgehead atoms. The predicted octanol–water partition coefficient (Wildman–Crippen LogP) is 3.75. The summed E-state index contributed by atoms with van der Waals surface area (Å²) in [6.07, 6.45) is 1.30. The van der Waals surface area contributed by atoms with Crippen LogP contribution in [0.15, 0.2) is 47.4 Å². The summed E-state index contributed by atoms with van der Waals surface area (Å²) in [6, 6.07) is 12.0. The van der Waals surface area contributed by atoms with Crippen molar-refractivity contribution in [2.24, 2.45) is 0 Å². The predicted molar refractivity (Wildman–Crippen MR) is 88.4 cm³/mol. The number of hydrogen-bond donors (Lipinski definition) is 1. The van der Waals surface area contributed by atoms with Crippen molar-refractivity contribution in [3.8, 4) is 6.07 Å². The first-order chi connectivity index (χ1) is 10.8. The van der Waals surface area contributed by atoms with Gasteiger partial charge in [0.25, 0.3) is 10.0 Å². The van der Waals surface area contributed by atoms with Gasteiger partial charge in [-0.1, -0.05) is 18.2 Å². The molecule has 0 radical (unpaired) electrons. The number of nitrogens with one attached hydrogen (secondary N) is 1. The van der Waals surface area contributed by atoms with Crippen molar-refractivity contribution in [1.82, 2.24) is 0 Å². The quantitative estimate of drug-likeness (QED) is 0.868. The van der Waals surface area contributed by atoms with Crippen LogP contribution < -0.4 is 4.72 Å². The van der Waals surface area contributed by atoms with Crippen molar-refractivity contribution < 1.29 is 12.8 Å². The van der Waals surface area contributed by atoms with Crippen LogP contribution in [0.2, 0.25) is 0 Å². The van der Waals surface area contributed by atoms with E-state index in [0.29, 0.717) is 5.56 Å². The summed E-state index contributed by atoms with van der Waals surface area (Å²) in [6.45, 7) is 3.85. The molecule has 0 atom stereocenters. The highest BCUT2D eigenvalue weighted by atomic mass is 32.2. The van der Waals surface area contributed by atoms with Crippen LogP contribution in [0.1, 0.15) is 16.7 Å². The first kappa shape index (κ1) is 16.7. The van der Waals surface area contributed by atoms with Crippen molar-refractivity contribution in [3.63, 3.8) is 0 Å². The van der Waals surface area contributed by atoms with Gasteiger partial charge in [-0.2, -0.15) is 5.26 Å². The fourth-order valence-corrected chi connectivity index (χ4v) is 2.87. The summed E-state index contributed by atoms with van der Waals surface area (Å²) in [7, 11) is -4.03. The molecule has 0 saturated carbocycles. The number of benzene rings is 2. The molecule has 0 aliphatic rings. The van der Waals surface area contributed by atoms with Crippen LogP contribution in [-0.4, -0.2) is 8.42 Å². The first-order valence-electron chi connectivity index (χ1n) is 6.79. The van der Waals surface area contributed by atoms with E-state index in [1.165, 1.54) is 18.2 Å². The van der Waals surface area contributed by atoms with E-state index in [9.17, 15) is 18.1 Å². The third-order valence-electron chi connectivity index (χ3n) is 3.32. The Labute approximate surface area is 134 Å². The molecule has 0 fully saturated rings. The molecule has 2 rings (SSSR count). The summed E-state index contributed by atoms with van der Waals surface area (Å²) in [5, 5.41) is 9.17. The fraction of sp³-hybridized carbons (Fsp3) is 0.118. The monoisotopic (exact) mass is 330 g/mol. The van der Waals surface area contributed by atoms with Crippen LogP contribution in [0.5, 0.6) is 0 Å². The molecule has 2 aromatic rings. The molecule has 0 spiro atoms. The number of anilines is 1. The van der Waals surface area contributed by atoms with Gasteiger partial charge < -0.3 is 0 Å². The Morgan fingerprint density at radius 2 is 1.78 bits per heavy atom. The second kappa shape index (κ2) is 6.63. The molecule has 23 heavy (non-hydrogen) atoms.